The number of hydrogen-bond acceptors (Lipinski definition) is 5. The maximum Gasteiger partial charge on any atom is 0.282 e. The number of nitrogens with zero attached hydrogens (tertiary/aromatic N) is 2. The summed E-state index contributed by atoms with van der Waals surface area (Å²) in [6.45, 7) is 4.97. The van der Waals surface area contributed by atoms with Crippen molar-refractivity contribution in [3.63, 3.8) is 0 Å². The van der Waals surface area contributed by atoms with Crippen molar-refractivity contribution in [2.75, 3.05) is 25.1 Å². The lowest BCUT2D eigenvalue weighted by Crippen LogP contribution is -2.47. The first-order valence-corrected chi connectivity index (χ1v) is 10.2. The van der Waals surface area contributed by atoms with Crippen LogP contribution in [0.2, 0.25) is 5.02 Å². The van der Waals surface area contributed by atoms with Crippen molar-refractivity contribution in [2.45, 2.75) is 26.1 Å². The number of imide groups is 1. The van der Waals surface area contributed by atoms with Crippen molar-refractivity contribution in [3.05, 3.63) is 64.8 Å². The number of carbonyl (C=O) groups excluding carboxylic acids is 2. The Kier molecular flexibility index (Phi) is 5.54. The predicted octanol–water partition coefficient (Wildman–Crippen LogP) is 3.74. The number of benzene rings is 2. The van der Waals surface area contributed by atoms with Crippen LogP contribution < -0.4 is 9.64 Å². The van der Waals surface area contributed by atoms with Crippen molar-refractivity contribution < 1.29 is 19.1 Å². The summed E-state index contributed by atoms with van der Waals surface area (Å²) in [5.74, 6) is -0.0884. The lowest BCUT2D eigenvalue weighted by Gasteiger charge is -2.37. The van der Waals surface area contributed by atoms with Gasteiger partial charge in [-0.1, -0.05) is 35.9 Å². The molecule has 0 aromatic heterocycles. The average molecular weight is 427 g/mol. The summed E-state index contributed by atoms with van der Waals surface area (Å²) in [7, 11) is 1.58. The number of ether oxygens (including phenoxy) is 2. The molecule has 0 bridgehead atoms. The molecule has 6 nitrogen and oxygen atoms in total. The minimum atomic E-state index is -0.389. The fraction of sp³-hybridized carbons (Fsp3) is 0.304. The predicted molar refractivity (Wildman–Crippen MR) is 115 cm³/mol. The molecule has 4 rings (SSSR count). The standard InChI is InChI=1S/C23H23ClN2O4/c1-14-12-25(13-15(2)30-14)21-20(16-8-10-17(29-3)11-9-16)22(27)26(23(21)28)19-7-5-4-6-18(19)24/h4-11,14-15H,12-13H2,1-3H3. The van der Waals surface area contributed by atoms with Crippen LogP contribution in [0.3, 0.4) is 0 Å². The number of rotatable bonds is 4. The molecule has 0 radical (unpaired) electrons. The first kappa shape index (κ1) is 20.4. The highest BCUT2D eigenvalue weighted by molar-refractivity contribution is 6.47. The van der Waals surface area contributed by atoms with E-state index in [-0.39, 0.29) is 24.0 Å². The molecule has 1 fully saturated rings. The Hall–Kier alpha value is -2.83. The van der Waals surface area contributed by atoms with Gasteiger partial charge < -0.3 is 14.4 Å². The van der Waals surface area contributed by atoms with E-state index < -0.39 is 0 Å². The van der Waals surface area contributed by atoms with E-state index in [0.29, 0.717) is 46.4 Å². The number of morpholine rings is 1. The molecule has 156 valence electrons. The molecule has 0 N–H and O–H groups in total. The molecule has 2 aliphatic heterocycles. The second kappa shape index (κ2) is 8.13. The normalized spacial score (nSPS) is 22.1. The molecule has 2 unspecified atom stereocenters. The van der Waals surface area contributed by atoms with E-state index in [9.17, 15) is 9.59 Å². The highest BCUT2D eigenvalue weighted by Gasteiger charge is 2.44. The van der Waals surface area contributed by atoms with E-state index >= 15 is 0 Å². The molecule has 1 saturated heterocycles. The van der Waals surface area contributed by atoms with Crippen LogP contribution in [0, 0.1) is 0 Å². The summed E-state index contributed by atoms with van der Waals surface area (Å²) in [4.78, 5) is 30.2. The molecule has 2 amide bonds. The minimum absolute atomic E-state index is 0.0596. The zero-order valence-electron chi connectivity index (χ0n) is 17.1. The molecular weight excluding hydrogens is 404 g/mol. The van der Waals surface area contributed by atoms with Crippen LogP contribution >= 0.6 is 11.6 Å². The van der Waals surface area contributed by atoms with E-state index in [2.05, 4.69) is 0 Å². The van der Waals surface area contributed by atoms with Crippen LogP contribution in [0.1, 0.15) is 19.4 Å². The first-order valence-electron chi connectivity index (χ1n) is 9.83. The maximum absolute atomic E-state index is 13.6. The van der Waals surface area contributed by atoms with Gasteiger partial charge in [-0.25, -0.2) is 4.90 Å². The van der Waals surface area contributed by atoms with Gasteiger partial charge in [-0.3, -0.25) is 9.59 Å². The van der Waals surface area contributed by atoms with Gasteiger partial charge in [0.1, 0.15) is 11.4 Å². The molecule has 2 atom stereocenters. The Morgan fingerprint density at radius 1 is 0.967 bits per heavy atom. The average Bonchev–Trinajstić information content (AvgIpc) is 2.98. The Morgan fingerprint density at radius 3 is 2.20 bits per heavy atom. The third-order valence-corrected chi connectivity index (χ3v) is 5.59. The van der Waals surface area contributed by atoms with Crippen molar-refractivity contribution >= 4 is 34.7 Å². The number of anilines is 1. The summed E-state index contributed by atoms with van der Waals surface area (Å²) in [5.41, 5.74) is 1.78. The van der Waals surface area contributed by atoms with Gasteiger partial charge in [0.25, 0.3) is 11.8 Å². The molecule has 0 spiro atoms. The highest BCUT2D eigenvalue weighted by Crippen LogP contribution is 2.38. The van der Waals surface area contributed by atoms with Crippen LogP contribution in [0.25, 0.3) is 5.57 Å². The Labute approximate surface area is 180 Å². The van der Waals surface area contributed by atoms with Crippen LogP contribution in [-0.4, -0.2) is 49.1 Å². The molecule has 7 heteroatoms. The fourth-order valence-electron chi connectivity index (χ4n) is 4.04. The summed E-state index contributed by atoms with van der Waals surface area (Å²) < 4.78 is 11.1. The van der Waals surface area contributed by atoms with Crippen molar-refractivity contribution in [1.29, 1.82) is 0 Å². The minimum Gasteiger partial charge on any atom is -0.497 e. The Balaban J connectivity index is 1.84. The van der Waals surface area contributed by atoms with Crippen LogP contribution in [0.5, 0.6) is 5.75 Å². The van der Waals surface area contributed by atoms with Crippen LogP contribution in [0.15, 0.2) is 54.2 Å². The summed E-state index contributed by atoms with van der Waals surface area (Å²) in [5, 5.41) is 0.346. The van der Waals surface area contributed by atoms with Crippen molar-refractivity contribution in [1.82, 2.24) is 4.90 Å². The molecule has 0 saturated carbocycles. The van der Waals surface area contributed by atoms with Gasteiger partial charge in [0.15, 0.2) is 0 Å². The summed E-state index contributed by atoms with van der Waals surface area (Å²) in [6.07, 6.45) is -0.119. The second-order valence-corrected chi connectivity index (χ2v) is 7.92. The highest BCUT2D eigenvalue weighted by atomic mass is 35.5. The summed E-state index contributed by atoms with van der Waals surface area (Å²) >= 11 is 6.33. The van der Waals surface area contributed by atoms with E-state index in [1.54, 1.807) is 55.6 Å². The third-order valence-electron chi connectivity index (χ3n) is 5.27. The molecule has 2 aliphatic rings. The van der Waals surface area contributed by atoms with Crippen LogP contribution in [0.4, 0.5) is 5.69 Å². The number of amides is 2. The topological polar surface area (TPSA) is 59.1 Å². The molecule has 30 heavy (non-hydrogen) atoms. The molecule has 2 aromatic rings. The van der Waals surface area contributed by atoms with E-state index in [4.69, 9.17) is 21.1 Å². The maximum atomic E-state index is 13.6. The van der Waals surface area contributed by atoms with Gasteiger partial charge in [0.05, 0.1) is 35.6 Å². The zero-order valence-corrected chi connectivity index (χ0v) is 17.8. The number of hydrogen-bond donors (Lipinski definition) is 0. The van der Waals surface area contributed by atoms with Crippen molar-refractivity contribution in [3.8, 4) is 5.75 Å². The van der Waals surface area contributed by atoms with Crippen LogP contribution in [-0.2, 0) is 14.3 Å². The first-order chi connectivity index (χ1) is 14.4. The third kappa shape index (κ3) is 3.57. The largest absolute Gasteiger partial charge is 0.497 e. The van der Waals surface area contributed by atoms with E-state index in [1.807, 2.05) is 18.7 Å². The fourth-order valence-corrected chi connectivity index (χ4v) is 4.26. The van der Waals surface area contributed by atoms with Gasteiger partial charge in [0.2, 0.25) is 0 Å². The SMILES string of the molecule is COc1ccc(C2=C(N3CC(C)OC(C)C3)C(=O)N(c3ccccc3Cl)C2=O)cc1. The van der Waals surface area contributed by atoms with Gasteiger partial charge in [-0.05, 0) is 43.7 Å². The molecule has 2 heterocycles. The number of halogens is 1. The number of methoxy groups -OCH3 is 1. The zero-order chi connectivity index (χ0) is 21.4. The van der Waals surface area contributed by atoms with Gasteiger partial charge in [0, 0.05) is 13.1 Å². The monoisotopic (exact) mass is 426 g/mol. The molecule has 0 aliphatic carbocycles. The lowest BCUT2D eigenvalue weighted by atomic mass is 10.0. The second-order valence-electron chi connectivity index (χ2n) is 7.51. The van der Waals surface area contributed by atoms with Gasteiger partial charge in [-0.15, -0.1) is 0 Å². The van der Waals surface area contributed by atoms with E-state index in [0.717, 1.165) is 0 Å². The Bertz CT molecular complexity index is 1010. The smallest absolute Gasteiger partial charge is 0.282 e. The van der Waals surface area contributed by atoms with E-state index in [1.165, 1.54) is 4.90 Å². The molecule has 2 aromatic carbocycles. The lowest BCUT2D eigenvalue weighted by molar-refractivity contribution is -0.121. The number of carbonyl (C=O) groups is 2. The number of para-hydroxylation sites is 1. The quantitative estimate of drug-likeness (QED) is 0.697. The summed E-state index contributed by atoms with van der Waals surface area (Å²) in [6, 6.07) is 14.0. The van der Waals surface area contributed by atoms with Gasteiger partial charge >= 0.3 is 0 Å². The van der Waals surface area contributed by atoms with Gasteiger partial charge in [-0.2, -0.15) is 0 Å². The van der Waals surface area contributed by atoms with Crippen molar-refractivity contribution in [2.24, 2.45) is 0 Å². The molecular formula is C23H23ClN2O4. The Morgan fingerprint density at radius 2 is 1.60 bits per heavy atom.